The minimum Gasteiger partial charge on any atom is -0.368 e. The molecule has 1 rings (SSSR count). The van der Waals surface area contributed by atoms with Crippen LogP contribution in [0, 0.1) is 34.6 Å². The predicted octanol–water partition coefficient (Wildman–Crippen LogP) is 1.38. The molecule has 3 N–H and O–H groups in total. The van der Waals surface area contributed by atoms with Crippen LogP contribution in [-0.2, 0) is 14.8 Å². The Morgan fingerprint density at radius 1 is 0.950 bits per heavy atom. The van der Waals surface area contributed by atoms with Crippen LogP contribution >= 0.6 is 0 Å². The molecule has 112 valence electrons. The lowest BCUT2D eigenvalue weighted by Gasteiger charge is -2.20. The summed E-state index contributed by atoms with van der Waals surface area (Å²) in [6, 6.07) is -0.944. The number of rotatable bonds is 4. The first-order chi connectivity index (χ1) is 9.00. The number of nitrogens with two attached hydrogens (primary N) is 1. The number of carbonyl (C=O) groups excluding carboxylic acids is 1. The first-order valence-electron chi connectivity index (χ1n) is 6.39. The number of carbonyl (C=O) groups is 1. The van der Waals surface area contributed by atoms with Crippen molar-refractivity contribution in [3.05, 3.63) is 27.8 Å². The molecule has 0 aliphatic rings. The SMILES string of the molecule is Cc1c(C)c(C)c(S(=O)(=O)NC(C)C(N)=O)c(C)c1C. The number of sulfonamides is 1. The van der Waals surface area contributed by atoms with Crippen molar-refractivity contribution < 1.29 is 13.2 Å². The first-order valence-corrected chi connectivity index (χ1v) is 7.87. The molecule has 0 fully saturated rings. The van der Waals surface area contributed by atoms with Gasteiger partial charge in [-0.05, 0) is 69.4 Å². The number of hydrogen-bond donors (Lipinski definition) is 2. The Labute approximate surface area is 120 Å². The lowest BCUT2D eigenvalue weighted by atomic mass is 9.95. The number of hydrogen-bond acceptors (Lipinski definition) is 3. The summed E-state index contributed by atoms with van der Waals surface area (Å²) in [7, 11) is -3.78. The molecule has 1 aromatic rings. The van der Waals surface area contributed by atoms with Crippen LogP contribution in [-0.4, -0.2) is 20.4 Å². The predicted molar refractivity (Wildman–Crippen MR) is 79.1 cm³/mol. The zero-order valence-corrected chi connectivity index (χ0v) is 13.6. The molecule has 1 atom stereocenters. The van der Waals surface area contributed by atoms with E-state index in [2.05, 4.69) is 4.72 Å². The minimum absolute atomic E-state index is 0.242. The van der Waals surface area contributed by atoms with Gasteiger partial charge in [0.1, 0.15) is 0 Å². The normalized spacial score (nSPS) is 13.3. The Hall–Kier alpha value is -1.40. The highest BCUT2D eigenvalue weighted by Gasteiger charge is 2.26. The number of primary amides is 1. The summed E-state index contributed by atoms with van der Waals surface area (Å²) in [5.74, 6) is -0.704. The van der Waals surface area contributed by atoms with E-state index < -0.39 is 22.0 Å². The van der Waals surface area contributed by atoms with Crippen molar-refractivity contribution in [2.75, 3.05) is 0 Å². The van der Waals surface area contributed by atoms with Gasteiger partial charge in [-0.3, -0.25) is 4.79 Å². The highest BCUT2D eigenvalue weighted by atomic mass is 32.2. The van der Waals surface area contributed by atoms with Crippen LogP contribution < -0.4 is 10.5 Å². The van der Waals surface area contributed by atoms with E-state index in [-0.39, 0.29) is 4.90 Å². The standard InChI is InChI=1S/C14H22N2O3S/c1-7-8(2)10(4)13(11(5)9(7)3)20(18,19)16-12(6)14(15)17/h12,16H,1-6H3,(H2,15,17). The van der Waals surface area contributed by atoms with E-state index in [0.29, 0.717) is 11.1 Å². The van der Waals surface area contributed by atoms with Gasteiger partial charge in [0.25, 0.3) is 0 Å². The molecule has 1 unspecified atom stereocenters. The second-order valence-corrected chi connectivity index (χ2v) is 6.85. The molecule has 0 spiro atoms. The molecule has 0 radical (unpaired) electrons. The van der Waals surface area contributed by atoms with Gasteiger partial charge >= 0.3 is 0 Å². The average Bonchev–Trinajstić information content (AvgIpc) is 2.33. The zero-order chi connectivity index (χ0) is 15.8. The van der Waals surface area contributed by atoms with Gasteiger partial charge in [0.15, 0.2) is 0 Å². The van der Waals surface area contributed by atoms with Crippen molar-refractivity contribution in [3.8, 4) is 0 Å². The molecule has 6 heteroatoms. The maximum absolute atomic E-state index is 12.5. The second kappa shape index (κ2) is 5.54. The van der Waals surface area contributed by atoms with Crippen LogP contribution in [0.25, 0.3) is 0 Å². The third kappa shape index (κ3) is 2.86. The van der Waals surface area contributed by atoms with Crippen molar-refractivity contribution in [3.63, 3.8) is 0 Å². The third-order valence-electron chi connectivity index (χ3n) is 3.96. The average molecular weight is 298 g/mol. The second-order valence-electron chi connectivity index (χ2n) is 5.20. The van der Waals surface area contributed by atoms with E-state index in [9.17, 15) is 13.2 Å². The van der Waals surface area contributed by atoms with Crippen LogP contribution in [0.5, 0.6) is 0 Å². The molecule has 0 aliphatic heterocycles. The van der Waals surface area contributed by atoms with Crippen molar-refractivity contribution in [2.24, 2.45) is 5.73 Å². The topological polar surface area (TPSA) is 89.3 Å². The first kappa shape index (κ1) is 16.7. The summed E-state index contributed by atoms with van der Waals surface area (Å²) >= 11 is 0. The molecule has 0 saturated heterocycles. The van der Waals surface area contributed by atoms with Crippen LogP contribution in [0.2, 0.25) is 0 Å². The maximum Gasteiger partial charge on any atom is 0.241 e. The van der Waals surface area contributed by atoms with Gasteiger partial charge in [-0.25, -0.2) is 8.42 Å². The Kier molecular flexibility index (Phi) is 4.61. The summed E-state index contributed by atoms with van der Waals surface area (Å²) in [5, 5.41) is 0. The molecule has 1 amide bonds. The fourth-order valence-electron chi connectivity index (χ4n) is 2.22. The molecular formula is C14H22N2O3S. The third-order valence-corrected chi connectivity index (χ3v) is 5.77. The fourth-order valence-corrected chi connectivity index (χ4v) is 4.03. The summed E-state index contributed by atoms with van der Waals surface area (Å²) in [6.45, 7) is 10.7. The fraction of sp³-hybridized carbons (Fsp3) is 0.500. The highest BCUT2D eigenvalue weighted by Crippen LogP contribution is 2.29. The summed E-state index contributed by atoms with van der Waals surface area (Å²) in [6.07, 6.45) is 0. The highest BCUT2D eigenvalue weighted by molar-refractivity contribution is 7.89. The molecule has 0 aromatic heterocycles. The molecular weight excluding hydrogens is 276 g/mol. The Morgan fingerprint density at radius 3 is 1.65 bits per heavy atom. The Morgan fingerprint density at radius 2 is 1.30 bits per heavy atom. The summed E-state index contributed by atoms with van der Waals surface area (Å²) in [4.78, 5) is 11.3. The maximum atomic E-state index is 12.5. The molecule has 5 nitrogen and oxygen atoms in total. The van der Waals surface area contributed by atoms with Gasteiger partial charge in [-0.2, -0.15) is 4.72 Å². The Bertz CT molecular complexity index is 634. The molecule has 1 aromatic carbocycles. The van der Waals surface area contributed by atoms with Crippen molar-refractivity contribution in [2.45, 2.75) is 52.5 Å². The van der Waals surface area contributed by atoms with Crippen LogP contribution in [0.3, 0.4) is 0 Å². The van der Waals surface area contributed by atoms with Gasteiger partial charge < -0.3 is 5.73 Å². The summed E-state index contributed by atoms with van der Waals surface area (Å²) < 4.78 is 27.3. The molecule has 0 bridgehead atoms. The molecule has 0 heterocycles. The smallest absolute Gasteiger partial charge is 0.241 e. The van der Waals surface area contributed by atoms with E-state index in [0.717, 1.165) is 16.7 Å². The van der Waals surface area contributed by atoms with E-state index >= 15 is 0 Å². The summed E-state index contributed by atoms with van der Waals surface area (Å²) in [5.41, 5.74) is 9.50. The van der Waals surface area contributed by atoms with E-state index in [4.69, 9.17) is 5.73 Å². The molecule has 0 aliphatic carbocycles. The number of nitrogens with one attached hydrogen (secondary N) is 1. The van der Waals surface area contributed by atoms with Crippen LogP contribution in [0.4, 0.5) is 0 Å². The lowest BCUT2D eigenvalue weighted by Crippen LogP contribution is -2.42. The van der Waals surface area contributed by atoms with Gasteiger partial charge in [0.2, 0.25) is 15.9 Å². The monoisotopic (exact) mass is 298 g/mol. The van der Waals surface area contributed by atoms with E-state index in [1.54, 1.807) is 13.8 Å². The van der Waals surface area contributed by atoms with Crippen molar-refractivity contribution >= 4 is 15.9 Å². The van der Waals surface area contributed by atoms with Gasteiger partial charge in [0.05, 0.1) is 10.9 Å². The molecule has 0 saturated carbocycles. The van der Waals surface area contributed by atoms with Crippen LogP contribution in [0.15, 0.2) is 4.90 Å². The van der Waals surface area contributed by atoms with Gasteiger partial charge in [-0.1, -0.05) is 0 Å². The van der Waals surface area contributed by atoms with Crippen molar-refractivity contribution in [1.82, 2.24) is 4.72 Å². The van der Waals surface area contributed by atoms with Gasteiger partial charge in [-0.15, -0.1) is 0 Å². The number of amides is 1. The lowest BCUT2D eigenvalue weighted by molar-refractivity contribution is -0.119. The van der Waals surface area contributed by atoms with E-state index in [1.807, 2.05) is 20.8 Å². The van der Waals surface area contributed by atoms with E-state index in [1.165, 1.54) is 6.92 Å². The molecule has 20 heavy (non-hydrogen) atoms. The van der Waals surface area contributed by atoms with Gasteiger partial charge in [0, 0.05) is 0 Å². The minimum atomic E-state index is -3.78. The van der Waals surface area contributed by atoms with Crippen LogP contribution in [0.1, 0.15) is 34.7 Å². The Balaban J connectivity index is 3.51. The quantitative estimate of drug-likeness (QED) is 0.880. The zero-order valence-electron chi connectivity index (χ0n) is 12.8. The largest absolute Gasteiger partial charge is 0.368 e. The number of benzene rings is 1. The van der Waals surface area contributed by atoms with Crippen molar-refractivity contribution in [1.29, 1.82) is 0 Å².